The molecule has 0 amide bonds. The number of halogens is 1. The second-order valence-corrected chi connectivity index (χ2v) is 14.5. The lowest BCUT2D eigenvalue weighted by atomic mass is 10.1. The number of thiol groups is 1. The van der Waals surface area contributed by atoms with Gasteiger partial charge in [0.05, 0.1) is 25.6 Å². The first-order chi connectivity index (χ1) is 21.5. The van der Waals surface area contributed by atoms with Crippen LogP contribution in [-0.4, -0.2) is 89.9 Å². The van der Waals surface area contributed by atoms with Gasteiger partial charge in [0, 0.05) is 13.5 Å². The van der Waals surface area contributed by atoms with Gasteiger partial charge in [0.1, 0.15) is 53.2 Å². The number of alkyl halides is 1. The van der Waals surface area contributed by atoms with Crippen LogP contribution in [0, 0.1) is 0 Å². The lowest BCUT2D eigenvalue weighted by molar-refractivity contribution is -0.0502. The number of aromatic nitrogens is 7. The van der Waals surface area contributed by atoms with Gasteiger partial charge in [0.2, 0.25) is 0 Å². The Morgan fingerprint density at radius 3 is 2.60 bits per heavy atom. The molecule has 0 aromatic carbocycles. The highest BCUT2D eigenvalue weighted by molar-refractivity contribution is 8.44. The molecule has 6 rings (SSSR count). The van der Waals surface area contributed by atoms with E-state index in [4.69, 9.17) is 39.2 Å². The van der Waals surface area contributed by atoms with Crippen molar-refractivity contribution in [1.82, 2.24) is 34.1 Å². The molecule has 5 N–H and O–H groups in total. The zero-order chi connectivity index (χ0) is 32.0. The van der Waals surface area contributed by atoms with Gasteiger partial charge < -0.3 is 35.1 Å². The molecule has 2 unspecified atom stereocenters. The van der Waals surface area contributed by atoms with Crippen LogP contribution >= 0.6 is 38.6 Å². The van der Waals surface area contributed by atoms with Gasteiger partial charge in [0.25, 0.3) is 0 Å². The number of ether oxygens (including phenoxy) is 3. The van der Waals surface area contributed by atoms with Crippen molar-refractivity contribution < 1.29 is 46.2 Å². The Morgan fingerprint density at radius 1 is 1.13 bits per heavy atom. The van der Waals surface area contributed by atoms with Crippen molar-refractivity contribution in [3.05, 3.63) is 28.6 Å². The molecule has 2 aliphatic rings. The highest BCUT2D eigenvalue weighted by atomic mass is 32.7. The van der Waals surface area contributed by atoms with Crippen LogP contribution in [0.15, 0.2) is 23.8 Å². The molecule has 45 heavy (non-hydrogen) atoms. The topological polar surface area (TPSA) is 253 Å². The number of hydrogen-bond donors (Lipinski definition) is 4. The van der Waals surface area contributed by atoms with Gasteiger partial charge in [-0.05, 0) is 0 Å². The average molecular weight is 710 g/mol. The SMILES string of the molecule is COC1[C@@H](O[P@@](=O)(S)OC[C@@H]2C[C@@H](F)[C@H](n3cnc4c(N)ncnc43)O2)[C@H](n2c(=O)sc3c(N)ncnc32)O[C@@H]1CO[PH](=O)O. The summed E-state index contributed by atoms with van der Waals surface area (Å²) in [6.07, 6.45) is -4.84. The zero-order valence-corrected chi connectivity index (χ0v) is 26.6. The number of hydrogen-bond acceptors (Lipinski definition) is 17. The minimum absolute atomic E-state index is 0.0437. The molecule has 9 atom stereocenters. The maximum absolute atomic E-state index is 15.1. The first-order valence-corrected chi connectivity index (χ1v) is 17.8. The molecule has 0 aliphatic carbocycles. The maximum atomic E-state index is 15.1. The van der Waals surface area contributed by atoms with Crippen LogP contribution in [0.5, 0.6) is 0 Å². The molecule has 24 heteroatoms. The first-order valence-electron chi connectivity index (χ1n) is 13.0. The second kappa shape index (κ2) is 12.9. The molecular weight excluding hydrogens is 683 g/mol. The molecule has 0 spiro atoms. The number of methoxy groups -OCH3 is 1. The number of thiazole rings is 1. The summed E-state index contributed by atoms with van der Waals surface area (Å²) in [4.78, 5) is 41.8. The quantitative estimate of drug-likeness (QED) is 0.126. The number of nitrogens with zero attached hydrogens (tertiary/aromatic N) is 7. The van der Waals surface area contributed by atoms with Crippen LogP contribution in [0.3, 0.4) is 0 Å². The Balaban J connectivity index is 1.21. The molecule has 4 aromatic rings. The third-order valence-electron chi connectivity index (χ3n) is 7.08. The van der Waals surface area contributed by atoms with Crippen LogP contribution in [-0.2, 0) is 36.9 Å². The zero-order valence-electron chi connectivity index (χ0n) is 23.0. The van der Waals surface area contributed by atoms with Crippen molar-refractivity contribution in [1.29, 1.82) is 0 Å². The van der Waals surface area contributed by atoms with E-state index in [0.717, 1.165) is 22.2 Å². The molecule has 0 saturated carbocycles. The third kappa shape index (κ3) is 6.37. The molecule has 2 aliphatic heterocycles. The molecular formula is C21H26FN9O10P2S2. The summed E-state index contributed by atoms with van der Waals surface area (Å²) in [5.74, 6) is 0.166. The van der Waals surface area contributed by atoms with Gasteiger partial charge in [-0.3, -0.25) is 27.5 Å². The average Bonchev–Trinajstić information content (AvgIpc) is 3.74. The summed E-state index contributed by atoms with van der Waals surface area (Å²) >= 11 is 4.84. The van der Waals surface area contributed by atoms with E-state index in [1.165, 1.54) is 24.3 Å². The van der Waals surface area contributed by atoms with E-state index in [0.29, 0.717) is 0 Å². The smallest absolute Gasteiger partial charge is 0.382 e. The number of nitrogens with two attached hydrogens (primary N) is 2. The summed E-state index contributed by atoms with van der Waals surface area (Å²) in [7, 11) is -2.08. The summed E-state index contributed by atoms with van der Waals surface area (Å²) in [6, 6.07) is 0. The fourth-order valence-corrected chi connectivity index (χ4v) is 7.81. The normalized spacial score (nSPS) is 29.0. The molecule has 6 heterocycles. The number of rotatable bonds is 11. The molecule has 19 nitrogen and oxygen atoms in total. The van der Waals surface area contributed by atoms with Crippen LogP contribution in [0.25, 0.3) is 21.5 Å². The van der Waals surface area contributed by atoms with E-state index in [1.807, 2.05) is 0 Å². The first kappa shape index (κ1) is 32.3. The lowest BCUT2D eigenvalue weighted by Gasteiger charge is -2.26. The standard InChI is InChI=1S/C21H26FN9O10P2S2/c1-36-12-10(4-37-42(33)34)40-20(31-18-14(45-21(31)32)16(24)26-6-28-18)13(12)41-43(35,44)38-3-8-2-9(22)19(39-8)30-7-29-11-15(23)25-5-27-17(11)30/h5-10,12-13,19-20,42H,2-4H2,1H3,(H,33,34)(H,35,44)(H2,23,25,27)(H2,24,26,28)/t8-,9+,10+,12?,13+,19+,20+,43-/m0/s1. The van der Waals surface area contributed by atoms with E-state index >= 15 is 4.39 Å². The van der Waals surface area contributed by atoms with E-state index in [9.17, 15) is 18.8 Å². The number of nitrogen functional groups attached to an aromatic ring is 2. The van der Waals surface area contributed by atoms with Gasteiger partial charge >= 0.3 is 19.9 Å². The predicted octanol–water partition coefficient (Wildman–Crippen LogP) is 1.23. The minimum atomic E-state index is -4.32. The fraction of sp³-hybridized carbons (Fsp3) is 0.524. The molecule has 2 saturated heterocycles. The number of fused-ring (bicyclic) bond motifs is 2. The van der Waals surface area contributed by atoms with Crippen molar-refractivity contribution in [3.63, 3.8) is 0 Å². The Kier molecular flexibility index (Phi) is 9.25. The van der Waals surface area contributed by atoms with Crippen molar-refractivity contribution in [2.75, 3.05) is 31.8 Å². The maximum Gasteiger partial charge on any atom is 0.386 e. The number of imidazole rings is 1. The van der Waals surface area contributed by atoms with Crippen molar-refractivity contribution >= 4 is 71.8 Å². The molecule has 244 valence electrons. The summed E-state index contributed by atoms with van der Waals surface area (Å²) in [6.45, 7) is -5.16. The van der Waals surface area contributed by atoms with E-state index < -0.39 is 76.2 Å². The Hall–Kier alpha value is -2.62. The monoisotopic (exact) mass is 709 g/mol. The second-order valence-electron chi connectivity index (χ2n) is 9.81. The summed E-state index contributed by atoms with van der Waals surface area (Å²) < 4.78 is 76.1. The fourth-order valence-electron chi connectivity index (χ4n) is 5.17. The largest absolute Gasteiger partial charge is 0.386 e. The van der Waals surface area contributed by atoms with Crippen LogP contribution in [0.2, 0.25) is 0 Å². The highest BCUT2D eigenvalue weighted by Gasteiger charge is 2.51. The van der Waals surface area contributed by atoms with Gasteiger partial charge in [-0.25, -0.2) is 33.9 Å². The van der Waals surface area contributed by atoms with Gasteiger partial charge in [-0.15, -0.1) is 0 Å². The van der Waals surface area contributed by atoms with Gasteiger partial charge in [-0.1, -0.05) is 23.6 Å². The Morgan fingerprint density at radius 2 is 1.87 bits per heavy atom. The van der Waals surface area contributed by atoms with Crippen molar-refractivity contribution in [2.24, 2.45) is 0 Å². The summed E-state index contributed by atoms with van der Waals surface area (Å²) in [5, 5.41) is 0. The highest BCUT2D eigenvalue weighted by Crippen LogP contribution is 2.57. The van der Waals surface area contributed by atoms with Gasteiger partial charge in [-0.2, -0.15) is 0 Å². The van der Waals surface area contributed by atoms with Gasteiger partial charge in [0.15, 0.2) is 29.6 Å². The predicted molar refractivity (Wildman–Crippen MR) is 159 cm³/mol. The van der Waals surface area contributed by atoms with Crippen LogP contribution < -0.4 is 16.3 Å². The molecule has 4 aromatic heterocycles. The van der Waals surface area contributed by atoms with Crippen molar-refractivity contribution in [3.8, 4) is 0 Å². The van der Waals surface area contributed by atoms with E-state index in [-0.39, 0.29) is 39.6 Å². The molecule has 0 bridgehead atoms. The minimum Gasteiger partial charge on any atom is -0.382 e. The molecule has 0 radical (unpaired) electrons. The third-order valence-corrected chi connectivity index (χ3v) is 10.1. The van der Waals surface area contributed by atoms with Crippen molar-refractivity contribution in [2.45, 2.75) is 49.5 Å². The van der Waals surface area contributed by atoms with Crippen LogP contribution in [0.4, 0.5) is 16.0 Å². The Bertz CT molecular complexity index is 1850. The summed E-state index contributed by atoms with van der Waals surface area (Å²) in [5.41, 5.74) is 12.4. The molecule has 2 fully saturated rings. The van der Waals surface area contributed by atoms with E-state index in [2.05, 4.69) is 37.2 Å². The Labute approximate surface area is 261 Å². The van der Waals surface area contributed by atoms with Crippen LogP contribution in [0.1, 0.15) is 18.9 Å². The number of anilines is 2. The van der Waals surface area contributed by atoms with E-state index in [1.54, 1.807) is 0 Å². The lowest BCUT2D eigenvalue weighted by Crippen LogP contribution is -2.38.